The second-order valence-corrected chi connectivity index (χ2v) is 6.46. The topological polar surface area (TPSA) is 67.4 Å². The summed E-state index contributed by atoms with van der Waals surface area (Å²) < 4.78 is 43.7. The van der Waals surface area contributed by atoms with Crippen LogP contribution in [0.4, 0.5) is 18.9 Å². The third-order valence-electron chi connectivity index (χ3n) is 4.37. The Kier molecular flexibility index (Phi) is 5.99. The van der Waals surface area contributed by atoms with E-state index in [1.54, 1.807) is 0 Å². The fourth-order valence-corrected chi connectivity index (χ4v) is 2.86. The minimum Gasteiger partial charge on any atom is -0.376 e. The van der Waals surface area contributed by atoms with E-state index in [0.717, 1.165) is 25.0 Å². The van der Waals surface area contributed by atoms with Crippen LogP contribution in [-0.4, -0.2) is 31.1 Å². The number of rotatable bonds is 5. The van der Waals surface area contributed by atoms with Gasteiger partial charge in [-0.05, 0) is 55.3 Å². The van der Waals surface area contributed by atoms with Gasteiger partial charge in [0.05, 0.1) is 11.7 Å². The molecule has 1 aliphatic rings. The Labute approximate surface area is 159 Å². The van der Waals surface area contributed by atoms with E-state index in [1.807, 2.05) is 0 Å². The van der Waals surface area contributed by atoms with E-state index < -0.39 is 17.6 Å². The van der Waals surface area contributed by atoms with E-state index in [2.05, 4.69) is 10.6 Å². The molecule has 148 valence electrons. The lowest BCUT2D eigenvalue weighted by Crippen LogP contribution is -2.31. The molecule has 0 radical (unpaired) electrons. The predicted octanol–water partition coefficient (Wildman–Crippen LogP) is 3.87. The number of carbonyl (C=O) groups excluding carboxylic acids is 2. The van der Waals surface area contributed by atoms with Gasteiger partial charge in [-0.25, -0.2) is 0 Å². The maximum Gasteiger partial charge on any atom is 0.416 e. The Bertz CT molecular complexity index is 845. The molecule has 3 rings (SSSR count). The van der Waals surface area contributed by atoms with E-state index in [0.29, 0.717) is 18.7 Å². The van der Waals surface area contributed by atoms with Crippen molar-refractivity contribution in [3.8, 4) is 0 Å². The van der Waals surface area contributed by atoms with Crippen molar-refractivity contribution in [2.45, 2.75) is 25.1 Å². The third-order valence-corrected chi connectivity index (χ3v) is 4.37. The van der Waals surface area contributed by atoms with Crippen LogP contribution in [0.3, 0.4) is 0 Å². The minimum absolute atomic E-state index is 0.0291. The van der Waals surface area contributed by atoms with Gasteiger partial charge in [0.15, 0.2) is 0 Å². The second-order valence-electron chi connectivity index (χ2n) is 6.46. The van der Waals surface area contributed by atoms with Crippen molar-refractivity contribution in [2.75, 3.05) is 18.5 Å². The zero-order valence-electron chi connectivity index (χ0n) is 14.9. The van der Waals surface area contributed by atoms with E-state index in [4.69, 9.17) is 4.74 Å². The SMILES string of the molecule is O=C(NCC1CCCO1)c1ccc(C(=O)Nc2cccc(C(F)(F)F)c2)cc1. The van der Waals surface area contributed by atoms with Crippen molar-refractivity contribution in [1.82, 2.24) is 5.32 Å². The number of hydrogen-bond acceptors (Lipinski definition) is 3. The van der Waals surface area contributed by atoms with Crippen LogP contribution in [0.1, 0.15) is 39.1 Å². The highest BCUT2D eigenvalue weighted by atomic mass is 19.4. The number of ether oxygens (including phenoxy) is 1. The molecule has 28 heavy (non-hydrogen) atoms. The highest BCUT2D eigenvalue weighted by Gasteiger charge is 2.30. The first kappa shape index (κ1) is 19.9. The normalized spacial score (nSPS) is 16.6. The van der Waals surface area contributed by atoms with Crippen molar-refractivity contribution in [2.24, 2.45) is 0 Å². The molecular weight excluding hydrogens is 373 g/mol. The predicted molar refractivity (Wildman–Crippen MR) is 97.1 cm³/mol. The maximum atomic E-state index is 12.8. The molecule has 2 N–H and O–H groups in total. The first-order chi connectivity index (χ1) is 13.3. The van der Waals surface area contributed by atoms with Crippen molar-refractivity contribution < 1.29 is 27.5 Å². The van der Waals surface area contributed by atoms with Gasteiger partial charge < -0.3 is 15.4 Å². The van der Waals surface area contributed by atoms with E-state index in [1.165, 1.54) is 36.4 Å². The zero-order valence-corrected chi connectivity index (χ0v) is 14.9. The number of nitrogens with one attached hydrogen (secondary N) is 2. The maximum absolute atomic E-state index is 12.8. The highest BCUT2D eigenvalue weighted by Crippen LogP contribution is 2.30. The summed E-state index contributed by atoms with van der Waals surface area (Å²) in [5, 5.41) is 5.20. The number of anilines is 1. The number of alkyl halides is 3. The molecular formula is C20H19F3N2O3. The smallest absolute Gasteiger partial charge is 0.376 e. The fraction of sp³-hybridized carbons (Fsp3) is 0.300. The van der Waals surface area contributed by atoms with Crippen LogP contribution in [0.2, 0.25) is 0 Å². The number of benzene rings is 2. The average molecular weight is 392 g/mol. The monoisotopic (exact) mass is 392 g/mol. The number of carbonyl (C=O) groups is 2. The molecule has 8 heteroatoms. The Morgan fingerprint density at radius 3 is 2.32 bits per heavy atom. The summed E-state index contributed by atoms with van der Waals surface area (Å²) in [5.41, 5.74) is -0.191. The van der Waals surface area contributed by atoms with Gasteiger partial charge in [0.25, 0.3) is 11.8 Å². The Morgan fingerprint density at radius 2 is 1.71 bits per heavy atom. The van der Waals surface area contributed by atoms with Gasteiger partial charge in [0, 0.05) is 30.0 Å². The minimum atomic E-state index is -4.49. The Balaban J connectivity index is 1.59. The molecule has 5 nitrogen and oxygen atoms in total. The number of halogens is 3. The van der Waals surface area contributed by atoms with Crippen molar-refractivity contribution >= 4 is 17.5 Å². The third kappa shape index (κ3) is 5.10. The summed E-state index contributed by atoms with van der Waals surface area (Å²) in [5.74, 6) is -0.842. The molecule has 2 amide bonds. The van der Waals surface area contributed by atoms with Gasteiger partial charge >= 0.3 is 6.18 Å². The lowest BCUT2D eigenvalue weighted by molar-refractivity contribution is -0.137. The summed E-state index contributed by atoms with van der Waals surface area (Å²) in [6, 6.07) is 10.3. The van der Waals surface area contributed by atoms with Crippen molar-refractivity contribution in [3.05, 3.63) is 65.2 Å². The lowest BCUT2D eigenvalue weighted by atomic mass is 10.1. The molecule has 0 saturated carbocycles. The molecule has 2 aromatic carbocycles. The quantitative estimate of drug-likeness (QED) is 0.812. The van der Waals surface area contributed by atoms with Crippen LogP contribution >= 0.6 is 0 Å². The number of amides is 2. The first-order valence-electron chi connectivity index (χ1n) is 8.81. The van der Waals surface area contributed by atoms with Gasteiger partial charge in [0.2, 0.25) is 0 Å². The summed E-state index contributed by atoms with van der Waals surface area (Å²) in [7, 11) is 0. The van der Waals surface area contributed by atoms with Gasteiger partial charge in [0.1, 0.15) is 0 Å². The molecule has 1 saturated heterocycles. The fourth-order valence-electron chi connectivity index (χ4n) is 2.86. The molecule has 1 aliphatic heterocycles. The first-order valence-corrected chi connectivity index (χ1v) is 8.81. The van der Waals surface area contributed by atoms with Gasteiger partial charge in [-0.2, -0.15) is 13.2 Å². The largest absolute Gasteiger partial charge is 0.416 e. The number of hydrogen-bond donors (Lipinski definition) is 2. The molecule has 1 unspecified atom stereocenters. The zero-order chi connectivity index (χ0) is 20.1. The van der Waals surface area contributed by atoms with E-state index >= 15 is 0 Å². The van der Waals surface area contributed by atoms with Crippen LogP contribution in [0.5, 0.6) is 0 Å². The molecule has 0 bridgehead atoms. The standard InChI is InChI=1S/C20H19F3N2O3/c21-20(22,23)15-3-1-4-16(11-15)25-19(27)14-8-6-13(7-9-14)18(26)24-12-17-5-2-10-28-17/h1,3-4,6-9,11,17H,2,5,10,12H2,(H,24,26)(H,25,27). The lowest BCUT2D eigenvalue weighted by Gasteiger charge is -2.11. The molecule has 2 aromatic rings. The van der Waals surface area contributed by atoms with Crippen LogP contribution in [0.15, 0.2) is 48.5 Å². The Morgan fingerprint density at radius 1 is 1.04 bits per heavy atom. The summed E-state index contributed by atoms with van der Waals surface area (Å²) in [6.07, 6.45) is -2.56. The van der Waals surface area contributed by atoms with E-state index in [-0.39, 0.29) is 23.3 Å². The van der Waals surface area contributed by atoms with Gasteiger partial charge in [-0.15, -0.1) is 0 Å². The molecule has 1 heterocycles. The molecule has 0 aromatic heterocycles. The molecule has 0 aliphatic carbocycles. The van der Waals surface area contributed by atoms with Crippen LogP contribution in [0.25, 0.3) is 0 Å². The van der Waals surface area contributed by atoms with E-state index in [9.17, 15) is 22.8 Å². The van der Waals surface area contributed by atoms with Crippen LogP contribution in [0, 0.1) is 0 Å². The van der Waals surface area contributed by atoms with Crippen molar-refractivity contribution in [3.63, 3.8) is 0 Å². The van der Waals surface area contributed by atoms with Crippen molar-refractivity contribution in [1.29, 1.82) is 0 Å². The van der Waals surface area contributed by atoms with Gasteiger partial charge in [-0.3, -0.25) is 9.59 Å². The molecule has 1 atom stereocenters. The molecule has 0 spiro atoms. The average Bonchev–Trinajstić information content (AvgIpc) is 3.19. The summed E-state index contributed by atoms with van der Waals surface area (Å²) in [4.78, 5) is 24.4. The highest BCUT2D eigenvalue weighted by molar-refractivity contribution is 6.05. The summed E-state index contributed by atoms with van der Waals surface area (Å²) >= 11 is 0. The van der Waals surface area contributed by atoms with Crippen LogP contribution in [-0.2, 0) is 10.9 Å². The second kappa shape index (κ2) is 8.43. The Hall–Kier alpha value is -2.87. The molecule has 1 fully saturated rings. The van der Waals surface area contributed by atoms with Gasteiger partial charge in [-0.1, -0.05) is 6.07 Å². The summed E-state index contributed by atoms with van der Waals surface area (Å²) in [6.45, 7) is 1.13. The van der Waals surface area contributed by atoms with Crippen LogP contribution < -0.4 is 10.6 Å².